The largest absolute Gasteiger partial charge is 0.480 e. The summed E-state index contributed by atoms with van der Waals surface area (Å²) >= 11 is 0. The van der Waals surface area contributed by atoms with Crippen LogP contribution in [0.5, 0.6) is 0 Å². The third-order valence-electron chi connectivity index (χ3n) is 3.12. The minimum Gasteiger partial charge on any atom is -0.480 e. The van der Waals surface area contributed by atoms with Crippen LogP contribution >= 0.6 is 0 Å². The highest BCUT2D eigenvalue weighted by Crippen LogP contribution is 2.17. The summed E-state index contributed by atoms with van der Waals surface area (Å²) in [7, 11) is -1.16. The van der Waals surface area contributed by atoms with Gasteiger partial charge in [0.15, 0.2) is 0 Å². The number of carbonyl (C=O) groups excluding carboxylic acids is 1. The predicted octanol–water partition coefficient (Wildman–Crippen LogP) is 0.918. The molecule has 1 amide bonds. The quantitative estimate of drug-likeness (QED) is 0.691. The molecule has 2 N–H and O–H groups in total. The van der Waals surface area contributed by atoms with Gasteiger partial charge in [-0.25, -0.2) is 17.5 Å². The highest BCUT2D eigenvalue weighted by molar-refractivity contribution is 7.88. The van der Waals surface area contributed by atoms with E-state index in [2.05, 4.69) is 5.32 Å². The fourth-order valence-electron chi connectivity index (χ4n) is 1.73. The molecule has 9 nitrogen and oxygen atoms in total. The molecule has 142 valence electrons. The standard InChI is InChI=1S/C15H24N2O7S/c1-15(2,3)24-7-6-11(14(19)20)16-13(18)10-8-12(23-9-10)25(21,22)17(4)5/h8-9,11H,6-7H2,1-5H3,(H,16,18)(H,19,20). The number of sulfonamides is 1. The van der Waals surface area contributed by atoms with Crippen LogP contribution < -0.4 is 5.32 Å². The summed E-state index contributed by atoms with van der Waals surface area (Å²) in [6.45, 7) is 5.64. The Labute approximate surface area is 147 Å². The number of amides is 1. The smallest absolute Gasteiger partial charge is 0.326 e. The first kappa shape index (κ1) is 21.1. The highest BCUT2D eigenvalue weighted by Gasteiger charge is 2.26. The fraction of sp³-hybridized carbons (Fsp3) is 0.600. The van der Waals surface area contributed by atoms with Gasteiger partial charge in [-0.15, -0.1) is 0 Å². The van der Waals surface area contributed by atoms with E-state index in [1.165, 1.54) is 14.1 Å². The number of carboxylic acid groups (broad SMARTS) is 1. The van der Waals surface area contributed by atoms with Gasteiger partial charge in [0.2, 0.25) is 5.09 Å². The molecule has 25 heavy (non-hydrogen) atoms. The molecule has 0 radical (unpaired) electrons. The molecule has 0 spiro atoms. The Morgan fingerprint density at radius 2 is 1.96 bits per heavy atom. The summed E-state index contributed by atoms with van der Waals surface area (Å²) in [5, 5.41) is 11.1. The molecule has 0 saturated heterocycles. The van der Waals surface area contributed by atoms with Crippen LogP contribution in [0.15, 0.2) is 21.8 Å². The van der Waals surface area contributed by atoms with Crippen molar-refractivity contribution in [3.05, 3.63) is 17.9 Å². The molecule has 0 bridgehead atoms. The Morgan fingerprint density at radius 3 is 2.44 bits per heavy atom. The monoisotopic (exact) mass is 376 g/mol. The number of aliphatic carboxylic acids is 1. The van der Waals surface area contributed by atoms with Gasteiger partial charge in [-0.1, -0.05) is 0 Å². The van der Waals surface area contributed by atoms with Gasteiger partial charge >= 0.3 is 5.97 Å². The van der Waals surface area contributed by atoms with E-state index in [9.17, 15) is 23.1 Å². The van der Waals surface area contributed by atoms with Gasteiger partial charge in [-0.3, -0.25) is 4.79 Å². The van der Waals surface area contributed by atoms with Gasteiger partial charge in [0.25, 0.3) is 15.9 Å². The lowest BCUT2D eigenvalue weighted by Gasteiger charge is -2.21. The molecule has 0 aliphatic heterocycles. The molecule has 1 atom stereocenters. The van der Waals surface area contributed by atoms with Gasteiger partial charge in [-0.05, 0) is 20.8 Å². The molecule has 0 aliphatic carbocycles. The first-order chi connectivity index (χ1) is 11.3. The van der Waals surface area contributed by atoms with Crippen molar-refractivity contribution in [1.82, 2.24) is 9.62 Å². The van der Waals surface area contributed by atoms with E-state index in [1.54, 1.807) is 0 Å². The Balaban J connectivity index is 2.79. The fourth-order valence-corrected chi connectivity index (χ4v) is 2.54. The van der Waals surface area contributed by atoms with E-state index in [0.29, 0.717) is 0 Å². The zero-order valence-electron chi connectivity index (χ0n) is 14.9. The maximum Gasteiger partial charge on any atom is 0.326 e. The lowest BCUT2D eigenvalue weighted by molar-refractivity contribution is -0.140. The second kappa shape index (κ2) is 7.98. The summed E-state index contributed by atoms with van der Waals surface area (Å²) in [6.07, 6.45) is 1.04. The van der Waals surface area contributed by atoms with Crippen LogP contribution in [-0.2, 0) is 19.6 Å². The molecule has 1 aromatic rings. The average Bonchev–Trinajstić information content (AvgIpc) is 2.94. The second-order valence-corrected chi connectivity index (χ2v) is 8.64. The maximum absolute atomic E-state index is 12.1. The number of hydrogen-bond acceptors (Lipinski definition) is 6. The van der Waals surface area contributed by atoms with Crippen molar-refractivity contribution in [3.8, 4) is 0 Å². The van der Waals surface area contributed by atoms with Crippen molar-refractivity contribution in [2.24, 2.45) is 0 Å². The van der Waals surface area contributed by atoms with Crippen LogP contribution in [0.25, 0.3) is 0 Å². The van der Waals surface area contributed by atoms with Crippen molar-refractivity contribution < 1.29 is 32.3 Å². The third kappa shape index (κ3) is 6.15. The number of nitrogens with zero attached hydrogens (tertiary/aromatic N) is 1. The van der Waals surface area contributed by atoms with Crippen LogP contribution in [0.4, 0.5) is 0 Å². The van der Waals surface area contributed by atoms with Crippen LogP contribution in [-0.4, -0.2) is 62.1 Å². The van der Waals surface area contributed by atoms with Gasteiger partial charge in [-0.2, -0.15) is 0 Å². The number of furan rings is 1. The number of rotatable bonds is 8. The van der Waals surface area contributed by atoms with E-state index in [0.717, 1.165) is 16.6 Å². The average molecular weight is 376 g/mol. The van der Waals surface area contributed by atoms with Crippen LogP contribution in [0.1, 0.15) is 37.6 Å². The number of carboxylic acids is 1. The molecule has 10 heteroatoms. The van der Waals surface area contributed by atoms with Gasteiger partial charge in [0.1, 0.15) is 12.3 Å². The van der Waals surface area contributed by atoms with Crippen LogP contribution in [0, 0.1) is 0 Å². The number of nitrogens with one attached hydrogen (secondary N) is 1. The minimum absolute atomic E-state index is 0.0685. The molecule has 0 aliphatic rings. The third-order valence-corrected chi connectivity index (χ3v) is 4.80. The van der Waals surface area contributed by atoms with Crippen molar-refractivity contribution in [2.75, 3.05) is 20.7 Å². The molecule has 1 rings (SSSR count). The molecular formula is C15H24N2O7S. The van der Waals surface area contributed by atoms with E-state index in [4.69, 9.17) is 9.15 Å². The normalized spacial score (nSPS) is 13.7. The SMILES string of the molecule is CN(C)S(=O)(=O)c1cc(C(=O)NC(CCOC(C)(C)C)C(=O)O)co1. The zero-order valence-corrected chi connectivity index (χ0v) is 15.7. The first-order valence-electron chi connectivity index (χ1n) is 7.53. The van der Waals surface area contributed by atoms with Gasteiger partial charge in [0, 0.05) is 33.2 Å². The van der Waals surface area contributed by atoms with E-state index in [1.807, 2.05) is 20.8 Å². The number of carbonyl (C=O) groups is 2. The minimum atomic E-state index is -3.81. The number of ether oxygens (including phenoxy) is 1. The lowest BCUT2D eigenvalue weighted by Crippen LogP contribution is -2.41. The van der Waals surface area contributed by atoms with Crippen molar-refractivity contribution in [1.29, 1.82) is 0 Å². The summed E-state index contributed by atoms with van der Waals surface area (Å²) in [5.74, 6) is -1.96. The first-order valence-corrected chi connectivity index (χ1v) is 8.97. The van der Waals surface area contributed by atoms with Crippen molar-refractivity contribution in [3.63, 3.8) is 0 Å². The second-order valence-electron chi connectivity index (χ2n) is 6.56. The Hall–Kier alpha value is -1.91. The molecular weight excluding hydrogens is 352 g/mol. The van der Waals surface area contributed by atoms with Crippen LogP contribution in [0.2, 0.25) is 0 Å². The molecule has 0 saturated carbocycles. The molecule has 1 aromatic heterocycles. The molecule has 1 unspecified atom stereocenters. The molecule has 0 fully saturated rings. The van der Waals surface area contributed by atoms with Gasteiger partial charge in [0.05, 0.1) is 11.2 Å². The molecule has 0 aromatic carbocycles. The zero-order chi connectivity index (χ0) is 19.4. The summed E-state index contributed by atoms with van der Waals surface area (Å²) in [4.78, 5) is 23.4. The lowest BCUT2D eigenvalue weighted by atomic mass is 10.1. The maximum atomic E-state index is 12.1. The van der Waals surface area contributed by atoms with E-state index >= 15 is 0 Å². The van der Waals surface area contributed by atoms with Crippen molar-refractivity contribution >= 4 is 21.9 Å². The topological polar surface area (TPSA) is 126 Å². The van der Waals surface area contributed by atoms with Crippen LogP contribution in [0.3, 0.4) is 0 Å². The summed E-state index contributed by atoms with van der Waals surface area (Å²) < 4.78 is 35.2. The summed E-state index contributed by atoms with van der Waals surface area (Å²) in [6, 6.07) is -0.117. The number of hydrogen-bond donors (Lipinski definition) is 2. The Morgan fingerprint density at radius 1 is 1.36 bits per heavy atom. The van der Waals surface area contributed by atoms with E-state index in [-0.39, 0.29) is 18.6 Å². The van der Waals surface area contributed by atoms with E-state index < -0.39 is 38.6 Å². The summed E-state index contributed by atoms with van der Waals surface area (Å²) in [5.41, 5.74) is -0.504. The molecule has 1 heterocycles. The Kier molecular flexibility index (Phi) is 6.75. The predicted molar refractivity (Wildman–Crippen MR) is 88.8 cm³/mol. The highest BCUT2D eigenvalue weighted by atomic mass is 32.2. The van der Waals surface area contributed by atoms with Gasteiger partial charge < -0.3 is 19.6 Å². The van der Waals surface area contributed by atoms with Crippen molar-refractivity contribution in [2.45, 2.75) is 43.9 Å². The Bertz CT molecular complexity index is 716.